The SMILES string of the molecule is CCCCCCCC(C)NC1CCN(C2CC2)C1. The van der Waals surface area contributed by atoms with Gasteiger partial charge in [-0.3, -0.25) is 4.90 Å². The lowest BCUT2D eigenvalue weighted by atomic mass is 10.1. The van der Waals surface area contributed by atoms with Crippen LogP contribution in [0.25, 0.3) is 0 Å². The highest BCUT2D eigenvalue weighted by Crippen LogP contribution is 2.29. The normalized spacial score (nSPS) is 26.7. The molecule has 0 radical (unpaired) electrons. The Kier molecular flexibility index (Phi) is 5.97. The number of hydrogen-bond donors (Lipinski definition) is 1. The summed E-state index contributed by atoms with van der Waals surface area (Å²) in [6, 6.07) is 2.45. The lowest BCUT2D eigenvalue weighted by Gasteiger charge is -2.20. The molecule has 0 amide bonds. The second kappa shape index (κ2) is 7.49. The van der Waals surface area contributed by atoms with E-state index in [4.69, 9.17) is 0 Å². The molecule has 0 aromatic rings. The van der Waals surface area contributed by atoms with Crippen molar-refractivity contribution in [2.24, 2.45) is 0 Å². The number of likely N-dealkylation sites (tertiary alicyclic amines) is 1. The van der Waals surface area contributed by atoms with E-state index in [2.05, 4.69) is 24.1 Å². The summed E-state index contributed by atoms with van der Waals surface area (Å²) in [5, 5.41) is 3.84. The molecule has 0 bridgehead atoms. The van der Waals surface area contributed by atoms with Crippen LogP contribution in [0.4, 0.5) is 0 Å². The van der Waals surface area contributed by atoms with E-state index >= 15 is 0 Å². The van der Waals surface area contributed by atoms with Gasteiger partial charge in [-0.1, -0.05) is 39.0 Å². The Balaban J connectivity index is 1.50. The molecule has 1 N–H and O–H groups in total. The van der Waals surface area contributed by atoms with Gasteiger partial charge in [0.25, 0.3) is 0 Å². The number of nitrogens with one attached hydrogen (secondary N) is 1. The average Bonchev–Trinajstić information content (AvgIpc) is 3.11. The molecule has 2 aliphatic rings. The van der Waals surface area contributed by atoms with Crippen LogP contribution in [0.3, 0.4) is 0 Å². The Bertz CT molecular complexity index is 225. The zero-order valence-electron chi connectivity index (χ0n) is 12.5. The van der Waals surface area contributed by atoms with Crippen molar-refractivity contribution in [1.29, 1.82) is 0 Å². The highest BCUT2D eigenvalue weighted by molar-refractivity contribution is 4.92. The Hall–Kier alpha value is -0.0800. The summed E-state index contributed by atoms with van der Waals surface area (Å²) in [5.74, 6) is 0. The molecule has 0 aromatic carbocycles. The third kappa shape index (κ3) is 4.89. The van der Waals surface area contributed by atoms with E-state index in [1.807, 2.05) is 0 Å². The minimum Gasteiger partial charge on any atom is -0.310 e. The van der Waals surface area contributed by atoms with Crippen LogP contribution in [-0.2, 0) is 0 Å². The van der Waals surface area contributed by atoms with Gasteiger partial charge in [-0.2, -0.15) is 0 Å². The topological polar surface area (TPSA) is 15.3 Å². The Morgan fingerprint density at radius 1 is 1.11 bits per heavy atom. The van der Waals surface area contributed by atoms with Crippen molar-refractivity contribution in [3.8, 4) is 0 Å². The molecule has 2 fully saturated rings. The zero-order valence-corrected chi connectivity index (χ0v) is 12.5. The lowest BCUT2D eigenvalue weighted by Crippen LogP contribution is -2.38. The fraction of sp³-hybridized carbons (Fsp3) is 1.00. The van der Waals surface area contributed by atoms with Crippen LogP contribution in [0.5, 0.6) is 0 Å². The van der Waals surface area contributed by atoms with Gasteiger partial charge in [0.15, 0.2) is 0 Å². The fourth-order valence-electron chi connectivity index (χ4n) is 3.23. The molecule has 106 valence electrons. The smallest absolute Gasteiger partial charge is 0.0209 e. The maximum atomic E-state index is 3.84. The lowest BCUT2D eigenvalue weighted by molar-refractivity contribution is 0.311. The second-order valence-electron chi connectivity index (χ2n) is 6.48. The van der Waals surface area contributed by atoms with Crippen molar-refractivity contribution in [3.05, 3.63) is 0 Å². The van der Waals surface area contributed by atoms with E-state index in [0.717, 1.165) is 18.1 Å². The molecule has 2 unspecified atom stereocenters. The monoisotopic (exact) mass is 252 g/mol. The first-order chi connectivity index (χ1) is 8.79. The third-order valence-electron chi connectivity index (χ3n) is 4.54. The van der Waals surface area contributed by atoms with Gasteiger partial charge in [0.2, 0.25) is 0 Å². The Morgan fingerprint density at radius 2 is 1.89 bits per heavy atom. The van der Waals surface area contributed by atoms with Crippen LogP contribution in [0.2, 0.25) is 0 Å². The number of unbranched alkanes of at least 4 members (excludes halogenated alkanes) is 4. The van der Waals surface area contributed by atoms with Gasteiger partial charge >= 0.3 is 0 Å². The van der Waals surface area contributed by atoms with Crippen molar-refractivity contribution in [2.75, 3.05) is 13.1 Å². The van der Waals surface area contributed by atoms with Gasteiger partial charge in [-0.05, 0) is 32.6 Å². The molecular formula is C16H32N2. The van der Waals surface area contributed by atoms with E-state index < -0.39 is 0 Å². The standard InChI is InChI=1S/C16H32N2/c1-3-4-5-6-7-8-14(2)17-15-11-12-18(13-15)16-9-10-16/h14-17H,3-13H2,1-2H3. The first kappa shape index (κ1) is 14.3. The maximum Gasteiger partial charge on any atom is 0.0209 e. The molecule has 1 heterocycles. The molecule has 1 saturated heterocycles. The van der Waals surface area contributed by atoms with Gasteiger partial charge in [0.05, 0.1) is 0 Å². The highest BCUT2D eigenvalue weighted by Gasteiger charge is 2.34. The summed E-state index contributed by atoms with van der Waals surface area (Å²) in [6.45, 7) is 7.31. The minimum atomic E-state index is 0.718. The van der Waals surface area contributed by atoms with Crippen molar-refractivity contribution in [3.63, 3.8) is 0 Å². The number of rotatable bonds is 9. The summed E-state index contributed by atoms with van der Waals surface area (Å²) < 4.78 is 0. The average molecular weight is 252 g/mol. The number of nitrogens with zero attached hydrogens (tertiary/aromatic N) is 1. The highest BCUT2D eigenvalue weighted by atomic mass is 15.2. The maximum absolute atomic E-state index is 3.84. The summed E-state index contributed by atoms with van der Waals surface area (Å²) in [7, 11) is 0. The summed E-state index contributed by atoms with van der Waals surface area (Å²) in [4.78, 5) is 2.70. The van der Waals surface area contributed by atoms with Crippen LogP contribution in [0, 0.1) is 0 Å². The van der Waals surface area contributed by atoms with Crippen LogP contribution in [0.15, 0.2) is 0 Å². The summed E-state index contributed by atoms with van der Waals surface area (Å²) >= 11 is 0. The van der Waals surface area contributed by atoms with Crippen LogP contribution < -0.4 is 5.32 Å². The summed E-state index contributed by atoms with van der Waals surface area (Å²) in [6.07, 6.45) is 12.7. The minimum absolute atomic E-state index is 0.718. The van der Waals surface area contributed by atoms with Crippen molar-refractivity contribution in [1.82, 2.24) is 10.2 Å². The van der Waals surface area contributed by atoms with Crippen molar-refractivity contribution >= 4 is 0 Å². The largest absolute Gasteiger partial charge is 0.310 e. The van der Waals surface area contributed by atoms with E-state index in [-0.39, 0.29) is 0 Å². The molecule has 0 aromatic heterocycles. The van der Waals surface area contributed by atoms with E-state index in [1.54, 1.807) is 0 Å². The van der Waals surface area contributed by atoms with E-state index in [9.17, 15) is 0 Å². The molecule has 0 spiro atoms. The quantitative estimate of drug-likeness (QED) is 0.631. The number of hydrogen-bond acceptors (Lipinski definition) is 2. The third-order valence-corrected chi connectivity index (χ3v) is 4.54. The molecule has 1 saturated carbocycles. The van der Waals surface area contributed by atoms with Gasteiger partial charge < -0.3 is 5.32 Å². The zero-order chi connectivity index (χ0) is 12.8. The second-order valence-corrected chi connectivity index (χ2v) is 6.48. The van der Waals surface area contributed by atoms with E-state index in [1.165, 1.54) is 70.9 Å². The van der Waals surface area contributed by atoms with Gasteiger partial charge in [0, 0.05) is 31.2 Å². The molecule has 2 heteroatoms. The Labute approximate surface area is 114 Å². The van der Waals surface area contributed by atoms with E-state index in [0.29, 0.717) is 0 Å². The molecular weight excluding hydrogens is 220 g/mol. The molecule has 1 aliphatic heterocycles. The predicted octanol–water partition coefficient (Wildman–Crippen LogP) is 3.56. The van der Waals surface area contributed by atoms with Crippen LogP contribution in [-0.4, -0.2) is 36.1 Å². The van der Waals surface area contributed by atoms with Gasteiger partial charge in [0.1, 0.15) is 0 Å². The molecule has 2 rings (SSSR count). The van der Waals surface area contributed by atoms with Gasteiger partial charge in [-0.25, -0.2) is 0 Å². The molecule has 2 atom stereocenters. The first-order valence-electron chi connectivity index (χ1n) is 8.29. The molecule has 18 heavy (non-hydrogen) atoms. The summed E-state index contributed by atoms with van der Waals surface area (Å²) in [5.41, 5.74) is 0. The predicted molar refractivity (Wildman–Crippen MR) is 79.0 cm³/mol. The van der Waals surface area contributed by atoms with Crippen molar-refractivity contribution in [2.45, 2.75) is 89.8 Å². The van der Waals surface area contributed by atoms with Gasteiger partial charge in [-0.15, -0.1) is 0 Å². The molecule has 1 aliphatic carbocycles. The van der Waals surface area contributed by atoms with Crippen LogP contribution in [0.1, 0.15) is 71.6 Å². The van der Waals surface area contributed by atoms with Crippen molar-refractivity contribution < 1.29 is 0 Å². The van der Waals surface area contributed by atoms with Crippen LogP contribution >= 0.6 is 0 Å². The first-order valence-corrected chi connectivity index (χ1v) is 8.29. The Morgan fingerprint density at radius 3 is 2.61 bits per heavy atom. The fourth-order valence-corrected chi connectivity index (χ4v) is 3.23. The molecule has 2 nitrogen and oxygen atoms in total.